The van der Waals surface area contributed by atoms with Crippen molar-refractivity contribution in [1.82, 2.24) is 19.7 Å². The van der Waals surface area contributed by atoms with E-state index in [-0.39, 0.29) is 17.0 Å². The maximum atomic E-state index is 12.8. The molecule has 1 saturated carbocycles. The number of nitrogens with one attached hydrogen (secondary N) is 1. The van der Waals surface area contributed by atoms with E-state index in [9.17, 15) is 8.42 Å². The Bertz CT molecular complexity index is 1040. The quantitative estimate of drug-likeness (QED) is 0.680. The highest BCUT2D eigenvalue weighted by Gasteiger charge is 2.31. The minimum atomic E-state index is -3.63. The van der Waals surface area contributed by atoms with Gasteiger partial charge in [0.25, 0.3) is 0 Å². The first-order valence-electron chi connectivity index (χ1n) is 9.28. The zero-order valence-corrected chi connectivity index (χ0v) is 16.8. The Balaban J connectivity index is 1.57. The third-order valence-electron chi connectivity index (χ3n) is 5.08. The van der Waals surface area contributed by atoms with E-state index < -0.39 is 10.0 Å². The lowest BCUT2D eigenvalue weighted by Gasteiger charge is -2.31. The average Bonchev–Trinajstić information content (AvgIpc) is 3.19. The zero-order valence-electron chi connectivity index (χ0n) is 15.2. The fraction of sp³-hybridized carbons (Fsp3) is 0.300. The van der Waals surface area contributed by atoms with Crippen LogP contribution in [0.3, 0.4) is 0 Å². The Morgan fingerprint density at radius 3 is 2.46 bits per heavy atom. The van der Waals surface area contributed by atoms with Gasteiger partial charge in [0.15, 0.2) is 0 Å². The second-order valence-electron chi connectivity index (χ2n) is 6.98. The molecule has 1 aliphatic carbocycles. The highest BCUT2D eigenvalue weighted by molar-refractivity contribution is 7.89. The Hall–Kier alpha value is -2.22. The van der Waals surface area contributed by atoms with E-state index in [0.29, 0.717) is 5.02 Å². The van der Waals surface area contributed by atoms with Crippen LogP contribution in [0.2, 0.25) is 5.02 Å². The lowest BCUT2D eigenvalue weighted by molar-refractivity contribution is 0.267. The number of nitrogens with zero attached hydrogens (tertiary/aromatic N) is 3. The first-order valence-corrected chi connectivity index (χ1v) is 11.1. The minimum Gasteiger partial charge on any atom is -0.247 e. The molecular formula is C20H21ClN4O2S. The van der Waals surface area contributed by atoms with Crippen LogP contribution >= 0.6 is 11.6 Å². The number of hydrogen-bond donors (Lipinski definition) is 1. The van der Waals surface area contributed by atoms with Crippen LogP contribution in [0, 0.1) is 0 Å². The van der Waals surface area contributed by atoms with Gasteiger partial charge in [-0.2, -0.15) is 0 Å². The van der Waals surface area contributed by atoms with E-state index in [1.165, 1.54) is 12.1 Å². The minimum absolute atomic E-state index is 0.0687. The van der Waals surface area contributed by atoms with Crippen molar-refractivity contribution in [2.45, 2.75) is 42.7 Å². The first kappa shape index (κ1) is 19.1. The first-order chi connectivity index (χ1) is 13.5. The van der Waals surface area contributed by atoms with Crippen molar-refractivity contribution in [1.29, 1.82) is 0 Å². The molecule has 0 radical (unpaired) electrons. The van der Waals surface area contributed by atoms with Crippen molar-refractivity contribution in [2.75, 3.05) is 0 Å². The van der Waals surface area contributed by atoms with Crippen LogP contribution in [0.1, 0.15) is 31.7 Å². The SMILES string of the molecule is O=S(=O)(N[C@@H]1CCCC[C@@H]1n1cc(-c2ccccc2)nn1)c1ccc(Cl)cc1. The third kappa shape index (κ3) is 4.11. The van der Waals surface area contributed by atoms with Crippen molar-refractivity contribution < 1.29 is 8.42 Å². The molecule has 0 unspecified atom stereocenters. The van der Waals surface area contributed by atoms with Gasteiger partial charge in [0, 0.05) is 16.6 Å². The summed E-state index contributed by atoms with van der Waals surface area (Å²) in [5.74, 6) is 0. The molecule has 6 nitrogen and oxygen atoms in total. The number of hydrogen-bond acceptors (Lipinski definition) is 4. The maximum Gasteiger partial charge on any atom is 0.240 e. The molecule has 1 fully saturated rings. The molecule has 28 heavy (non-hydrogen) atoms. The summed E-state index contributed by atoms with van der Waals surface area (Å²) in [5, 5.41) is 9.08. The van der Waals surface area contributed by atoms with Crippen molar-refractivity contribution in [3.8, 4) is 11.3 Å². The summed E-state index contributed by atoms with van der Waals surface area (Å²) in [7, 11) is -3.63. The van der Waals surface area contributed by atoms with Gasteiger partial charge in [-0.3, -0.25) is 0 Å². The molecule has 1 aromatic heterocycles. The molecule has 0 saturated heterocycles. The van der Waals surface area contributed by atoms with Crippen molar-refractivity contribution >= 4 is 21.6 Å². The summed E-state index contributed by atoms with van der Waals surface area (Å²) < 4.78 is 30.3. The molecule has 4 rings (SSSR count). The predicted molar refractivity (Wildman–Crippen MR) is 109 cm³/mol. The number of benzene rings is 2. The van der Waals surface area contributed by atoms with E-state index in [0.717, 1.165) is 36.9 Å². The van der Waals surface area contributed by atoms with Gasteiger partial charge in [0.05, 0.1) is 17.1 Å². The molecule has 2 atom stereocenters. The van der Waals surface area contributed by atoms with E-state index in [1.807, 2.05) is 36.5 Å². The van der Waals surface area contributed by atoms with E-state index >= 15 is 0 Å². The number of halogens is 1. The summed E-state index contributed by atoms with van der Waals surface area (Å²) in [6.45, 7) is 0. The molecule has 146 valence electrons. The normalized spacial score (nSPS) is 20.2. The van der Waals surface area contributed by atoms with Crippen molar-refractivity contribution in [3.05, 3.63) is 65.8 Å². The van der Waals surface area contributed by atoms with Crippen LogP contribution in [-0.2, 0) is 10.0 Å². The summed E-state index contributed by atoms with van der Waals surface area (Å²) in [6.07, 6.45) is 5.52. The van der Waals surface area contributed by atoms with Crippen LogP contribution in [0.5, 0.6) is 0 Å². The summed E-state index contributed by atoms with van der Waals surface area (Å²) in [6, 6.07) is 15.7. The van der Waals surface area contributed by atoms with Crippen molar-refractivity contribution in [2.24, 2.45) is 0 Å². The van der Waals surface area contributed by atoms with E-state index in [2.05, 4.69) is 15.0 Å². The molecule has 1 heterocycles. The summed E-state index contributed by atoms with van der Waals surface area (Å²) in [4.78, 5) is 0.213. The molecule has 3 aromatic rings. The lowest BCUT2D eigenvalue weighted by atomic mass is 9.91. The van der Waals surface area contributed by atoms with E-state index in [1.54, 1.807) is 16.8 Å². The van der Waals surface area contributed by atoms with Gasteiger partial charge in [0.2, 0.25) is 10.0 Å². The topological polar surface area (TPSA) is 76.9 Å². The standard InChI is InChI=1S/C20H21ClN4O2S/c21-16-10-12-17(13-11-16)28(26,27)23-18-8-4-5-9-20(18)25-14-19(22-24-25)15-6-2-1-3-7-15/h1-3,6-7,10-14,18,20,23H,4-5,8-9H2/t18-,20+/m1/s1. The van der Waals surface area contributed by atoms with Crippen LogP contribution < -0.4 is 4.72 Å². The van der Waals surface area contributed by atoms with Gasteiger partial charge in [-0.25, -0.2) is 17.8 Å². The third-order valence-corrected chi connectivity index (χ3v) is 6.84. The Morgan fingerprint density at radius 2 is 1.71 bits per heavy atom. The molecular weight excluding hydrogens is 396 g/mol. The van der Waals surface area contributed by atoms with Gasteiger partial charge in [-0.15, -0.1) is 5.10 Å². The average molecular weight is 417 g/mol. The predicted octanol–water partition coefficient (Wildman–Crippen LogP) is 4.06. The number of aromatic nitrogens is 3. The lowest BCUT2D eigenvalue weighted by Crippen LogP contribution is -2.43. The second-order valence-corrected chi connectivity index (χ2v) is 9.13. The molecule has 0 amide bonds. The van der Waals surface area contributed by atoms with Gasteiger partial charge in [-0.1, -0.05) is 60.0 Å². The largest absolute Gasteiger partial charge is 0.247 e. The van der Waals surface area contributed by atoms with Crippen LogP contribution in [0.25, 0.3) is 11.3 Å². The van der Waals surface area contributed by atoms with Crippen molar-refractivity contribution in [3.63, 3.8) is 0 Å². The Kier molecular flexibility index (Phi) is 5.48. The van der Waals surface area contributed by atoms with Gasteiger partial charge in [0.1, 0.15) is 5.69 Å². The zero-order chi connectivity index (χ0) is 19.6. The molecule has 1 N–H and O–H groups in total. The van der Waals surface area contributed by atoms with Gasteiger partial charge >= 0.3 is 0 Å². The Morgan fingerprint density at radius 1 is 1.00 bits per heavy atom. The van der Waals surface area contributed by atoms with Crippen LogP contribution in [0.15, 0.2) is 65.7 Å². The molecule has 0 aliphatic heterocycles. The van der Waals surface area contributed by atoms with Gasteiger partial charge < -0.3 is 0 Å². The van der Waals surface area contributed by atoms with Crippen LogP contribution in [0.4, 0.5) is 0 Å². The van der Waals surface area contributed by atoms with Crippen LogP contribution in [-0.4, -0.2) is 29.5 Å². The fourth-order valence-electron chi connectivity index (χ4n) is 3.63. The second kappa shape index (κ2) is 8.03. The summed E-state index contributed by atoms with van der Waals surface area (Å²) in [5.41, 5.74) is 1.77. The summed E-state index contributed by atoms with van der Waals surface area (Å²) >= 11 is 5.88. The highest BCUT2D eigenvalue weighted by Crippen LogP contribution is 2.30. The molecule has 1 aliphatic rings. The van der Waals surface area contributed by atoms with E-state index in [4.69, 9.17) is 11.6 Å². The molecule has 2 aromatic carbocycles. The smallest absolute Gasteiger partial charge is 0.240 e. The maximum absolute atomic E-state index is 12.8. The molecule has 8 heteroatoms. The molecule has 0 spiro atoms. The molecule has 0 bridgehead atoms. The highest BCUT2D eigenvalue weighted by atomic mass is 35.5. The van der Waals surface area contributed by atoms with Gasteiger partial charge in [-0.05, 0) is 37.1 Å². The monoisotopic (exact) mass is 416 g/mol. The number of sulfonamides is 1. The fourth-order valence-corrected chi connectivity index (χ4v) is 5.06. The number of rotatable bonds is 5. The Labute approximate surface area is 169 Å².